The maximum atomic E-state index is 12.2. The number of pyridine rings is 1. The molecule has 2 spiro atoms. The smallest absolute Gasteiger partial charge is 0.271 e. The van der Waals surface area contributed by atoms with Crippen LogP contribution in [0.3, 0.4) is 0 Å². The van der Waals surface area contributed by atoms with Crippen LogP contribution in [0.2, 0.25) is 0 Å². The Labute approximate surface area is 357 Å². The first-order valence-electron chi connectivity index (χ1n) is 21.0. The zero-order valence-electron chi connectivity index (χ0n) is 35.8. The maximum absolute atomic E-state index is 12.2. The Bertz CT molecular complexity index is 2730. The quantitative estimate of drug-likeness (QED) is 0.100. The highest BCUT2D eigenvalue weighted by atomic mass is 16.2. The Morgan fingerprint density at radius 3 is 2.00 bits per heavy atom. The number of allylic oxidation sites excluding steroid dienone is 2. The average molecular weight is 807 g/mol. The fraction of sp³-hybridized carbons (Fsp3) is 0.302. The van der Waals surface area contributed by atoms with E-state index in [1.54, 1.807) is 6.20 Å². The van der Waals surface area contributed by atoms with Gasteiger partial charge < -0.3 is 0 Å². The molecule has 8 nitrogen and oxygen atoms in total. The number of aromatic nitrogens is 1. The lowest BCUT2D eigenvalue weighted by Crippen LogP contribution is -2.56. The minimum absolute atomic E-state index is 0.0161. The van der Waals surface area contributed by atoms with Crippen molar-refractivity contribution in [2.24, 2.45) is 4.99 Å². The molecule has 0 saturated heterocycles. The zero-order chi connectivity index (χ0) is 43.2. The molecule has 9 rings (SSSR count). The van der Waals surface area contributed by atoms with Gasteiger partial charge in [-0.25, -0.2) is 4.79 Å². The van der Waals surface area contributed by atoms with Crippen molar-refractivity contribution in [1.82, 2.24) is 14.8 Å². The van der Waals surface area contributed by atoms with E-state index in [1.165, 1.54) is 44.9 Å². The van der Waals surface area contributed by atoms with Crippen LogP contribution < -0.4 is 0 Å². The first kappa shape index (κ1) is 39.9. The van der Waals surface area contributed by atoms with Gasteiger partial charge in [0, 0.05) is 34.8 Å². The Morgan fingerprint density at radius 2 is 1.36 bits per heavy atom. The number of carbonyl (C=O) groups is 4. The molecule has 4 aromatic rings. The molecule has 8 heteroatoms. The molecule has 61 heavy (non-hydrogen) atoms. The number of imide groups is 2. The lowest BCUT2D eigenvalue weighted by molar-refractivity contribution is -0.137. The molecule has 1 fully saturated rings. The summed E-state index contributed by atoms with van der Waals surface area (Å²) in [4.78, 5) is 59.2. The van der Waals surface area contributed by atoms with Crippen LogP contribution in [-0.4, -0.2) is 44.8 Å². The molecule has 3 aliphatic carbocycles. The number of amides is 5. The highest BCUT2D eigenvalue weighted by Gasteiger charge is 2.59. The molecule has 5 aliphatic rings. The number of rotatable bonds is 8. The molecule has 3 heterocycles. The van der Waals surface area contributed by atoms with Crippen molar-refractivity contribution >= 4 is 41.1 Å². The van der Waals surface area contributed by atoms with Crippen molar-refractivity contribution in [2.45, 2.75) is 102 Å². The minimum Gasteiger partial charge on any atom is -0.271 e. The zero-order valence-corrected chi connectivity index (χ0v) is 35.8. The van der Waals surface area contributed by atoms with E-state index < -0.39 is 11.9 Å². The van der Waals surface area contributed by atoms with Crippen LogP contribution in [0.25, 0.3) is 11.1 Å². The molecule has 5 amide bonds. The Morgan fingerprint density at radius 1 is 0.721 bits per heavy atom. The summed E-state index contributed by atoms with van der Waals surface area (Å²) >= 11 is 0. The molecule has 306 valence electrons. The van der Waals surface area contributed by atoms with Crippen molar-refractivity contribution < 1.29 is 19.2 Å². The van der Waals surface area contributed by atoms with Crippen LogP contribution in [-0.2, 0) is 49.1 Å². The molecule has 1 aromatic heterocycles. The Hall–Kier alpha value is -6.50. The number of benzene rings is 3. The molecule has 0 radical (unpaired) electrons. The molecular weight excluding hydrogens is 757 g/mol. The molecule has 3 aromatic carbocycles. The van der Waals surface area contributed by atoms with E-state index in [2.05, 4.69) is 102 Å². The number of hydrogen-bond donors (Lipinski definition) is 0. The standard InChI is InChI=1S/C53H50N4O4/c1-9-38(45-15-12-36(26-54-45)29-56-46(58)16-17-47(56)59)40-25-42-43(23-33(40)3)52(20-19-51(42,7)8)30-53(31-52)21-18-50(5,6)41-22-32(2)39(24-44(41)53)34(4)37-13-10-35(11-14-37)28-57-48(60)27-55-49(57)61/h10-17,19-20,22-27H,1,4,18,21,28-31H2,2-3,5-8H3. The normalized spacial score (nSPS) is 19.6. The van der Waals surface area contributed by atoms with Gasteiger partial charge in [0.2, 0.25) is 0 Å². The molecule has 0 atom stereocenters. The summed E-state index contributed by atoms with van der Waals surface area (Å²) in [7, 11) is 0. The van der Waals surface area contributed by atoms with Crippen molar-refractivity contribution in [3.8, 4) is 0 Å². The average Bonchev–Trinajstić information content (AvgIpc) is 3.71. The van der Waals surface area contributed by atoms with Gasteiger partial charge in [-0.2, -0.15) is 4.99 Å². The number of aliphatic imine (C=N–C) groups is 1. The van der Waals surface area contributed by atoms with Gasteiger partial charge in [0.25, 0.3) is 17.7 Å². The van der Waals surface area contributed by atoms with Crippen molar-refractivity contribution in [2.75, 3.05) is 0 Å². The summed E-state index contributed by atoms with van der Waals surface area (Å²) in [5.74, 6) is -1.02. The summed E-state index contributed by atoms with van der Waals surface area (Å²) in [6.07, 6.45) is 14.6. The number of carbonyl (C=O) groups excluding carboxylic acids is 4. The van der Waals surface area contributed by atoms with E-state index in [-0.39, 0.29) is 46.6 Å². The topological polar surface area (TPSA) is 100 Å². The van der Waals surface area contributed by atoms with Crippen LogP contribution in [0.5, 0.6) is 0 Å². The first-order chi connectivity index (χ1) is 28.9. The van der Waals surface area contributed by atoms with Crippen molar-refractivity contribution in [1.29, 1.82) is 0 Å². The van der Waals surface area contributed by atoms with Gasteiger partial charge in [-0.05, 0) is 129 Å². The van der Waals surface area contributed by atoms with Crippen molar-refractivity contribution in [3.63, 3.8) is 0 Å². The van der Waals surface area contributed by atoms with Gasteiger partial charge in [-0.3, -0.25) is 29.2 Å². The fourth-order valence-corrected chi connectivity index (χ4v) is 10.6. The van der Waals surface area contributed by atoms with Gasteiger partial charge in [0.15, 0.2) is 0 Å². The monoisotopic (exact) mass is 806 g/mol. The lowest BCUT2D eigenvalue weighted by atomic mass is 9.42. The SMILES string of the molecule is C=C=C(c1ccc(CN2C(=O)C=CC2=O)cn1)c1cc2c(cc1C)C1(C=CC2(C)C)CC2(CCC(C)(C)c3cc(C)c(C(=C)c4ccc(CN5C(=O)C=NC5=O)cc4)cc32)C1. The second-order valence-electron chi connectivity index (χ2n) is 19.0. The number of fused-ring (bicyclic) bond motifs is 4. The largest absolute Gasteiger partial charge is 0.350 e. The van der Waals surface area contributed by atoms with E-state index in [0.717, 1.165) is 87.0 Å². The van der Waals surface area contributed by atoms with Crippen LogP contribution in [0.15, 0.2) is 115 Å². The predicted octanol–water partition coefficient (Wildman–Crippen LogP) is 9.82. The van der Waals surface area contributed by atoms with Gasteiger partial charge in [-0.1, -0.05) is 102 Å². The summed E-state index contributed by atoms with van der Waals surface area (Å²) in [5, 5.41) is 0. The summed E-state index contributed by atoms with van der Waals surface area (Å²) in [5.41, 5.74) is 18.2. The molecule has 0 N–H and O–H groups in total. The predicted molar refractivity (Wildman–Crippen MR) is 239 cm³/mol. The highest BCUT2D eigenvalue weighted by molar-refractivity contribution is 6.35. The summed E-state index contributed by atoms with van der Waals surface area (Å²) in [6, 6.07) is 20.8. The third kappa shape index (κ3) is 6.52. The number of nitrogens with zero attached hydrogens (tertiary/aromatic N) is 4. The van der Waals surface area contributed by atoms with Crippen molar-refractivity contribution in [3.05, 3.63) is 177 Å². The van der Waals surface area contributed by atoms with Gasteiger partial charge in [-0.15, -0.1) is 5.73 Å². The second-order valence-corrected chi connectivity index (χ2v) is 19.0. The number of hydrogen-bond acceptors (Lipinski definition) is 5. The van der Waals surface area contributed by atoms with E-state index >= 15 is 0 Å². The van der Waals surface area contributed by atoms with E-state index in [9.17, 15) is 19.2 Å². The summed E-state index contributed by atoms with van der Waals surface area (Å²) in [6.45, 7) is 22.7. The Balaban J connectivity index is 1.01. The fourth-order valence-electron chi connectivity index (χ4n) is 10.6. The third-order valence-electron chi connectivity index (χ3n) is 14.1. The molecule has 0 unspecified atom stereocenters. The van der Waals surface area contributed by atoms with Crippen LogP contribution >= 0.6 is 0 Å². The van der Waals surface area contributed by atoms with Crippen LogP contribution in [0.1, 0.15) is 120 Å². The molecular formula is C53H50N4O4. The summed E-state index contributed by atoms with van der Waals surface area (Å²) < 4.78 is 0. The second kappa shape index (κ2) is 14.0. The number of urea groups is 1. The first-order valence-corrected chi connectivity index (χ1v) is 21.0. The Kier molecular flexibility index (Phi) is 9.19. The van der Waals surface area contributed by atoms with E-state index in [4.69, 9.17) is 4.98 Å². The van der Waals surface area contributed by atoms with Gasteiger partial charge in [0.05, 0.1) is 25.0 Å². The molecule has 2 aliphatic heterocycles. The highest BCUT2D eigenvalue weighted by Crippen LogP contribution is 2.66. The van der Waals surface area contributed by atoms with Gasteiger partial charge in [0.1, 0.15) is 0 Å². The number of aryl methyl sites for hydroxylation is 2. The van der Waals surface area contributed by atoms with E-state index in [1.807, 2.05) is 36.4 Å². The van der Waals surface area contributed by atoms with Gasteiger partial charge >= 0.3 is 6.03 Å². The third-order valence-corrected chi connectivity index (χ3v) is 14.1. The molecule has 0 bridgehead atoms. The maximum Gasteiger partial charge on any atom is 0.350 e. The molecule has 1 saturated carbocycles. The van der Waals surface area contributed by atoms with Crippen LogP contribution in [0.4, 0.5) is 4.79 Å². The lowest BCUT2D eigenvalue weighted by Gasteiger charge is -2.62. The minimum atomic E-state index is -0.531. The van der Waals surface area contributed by atoms with Crippen LogP contribution in [0, 0.1) is 13.8 Å². The van der Waals surface area contributed by atoms with E-state index in [0.29, 0.717) is 0 Å².